The Hall–Kier alpha value is -3.65. The second kappa shape index (κ2) is 9.46. The summed E-state index contributed by atoms with van der Waals surface area (Å²) in [5.74, 6) is -0.997. The van der Waals surface area contributed by atoms with Crippen molar-refractivity contribution in [2.45, 2.75) is 25.6 Å². The molecule has 2 atom stereocenters. The van der Waals surface area contributed by atoms with Gasteiger partial charge < -0.3 is 24.3 Å². The molecule has 0 radical (unpaired) electrons. The van der Waals surface area contributed by atoms with Gasteiger partial charge in [0.15, 0.2) is 11.4 Å². The average Bonchev–Trinajstić information content (AvgIpc) is 3.32. The molecule has 4 rings (SSSR count). The Morgan fingerprint density at radius 2 is 1.97 bits per heavy atom. The van der Waals surface area contributed by atoms with Crippen LogP contribution in [0.15, 0.2) is 66.1 Å². The molecule has 2 aliphatic heterocycles. The van der Waals surface area contributed by atoms with Gasteiger partial charge in [0.25, 0.3) is 11.8 Å². The lowest BCUT2D eigenvalue weighted by molar-refractivity contribution is 0.0566. The number of benzene rings is 1. The van der Waals surface area contributed by atoms with Gasteiger partial charge in [-0.15, -0.1) is 0 Å². The maximum Gasteiger partial charge on any atom is 0.274 e. The van der Waals surface area contributed by atoms with Gasteiger partial charge in [-0.3, -0.25) is 14.4 Å². The number of nitrogens with zero attached hydrogens (tertiary/aromatic N) is 2. The van der Waals surface area contributed by atoms with Crippen LogP contribution in [0.1, 0.15) is 39.4 Å². The molecule has 2 unspecified atom stereocenters. The molecule has 0 saturated carbocycles. The quantitative estimate of drug-likeness (QED) is 0.625. The van der Waals surface area contributed by atoms with Crippen LogP contribution in [-0.4, -0.2) is 53.6 Å². The van der Waals surface area contributed by atoms with Gasteiger partial charge in [-0.25, -0.2) is 0 Å². The third-order valence-corrected chi connectivity index (χ3v) is 6.01. The van der Waals surface area contributed by atoms with E-state index in [1.807, 2.05) is 37.3 Å². The molecule has 2 aliphatic rings. The highest BCUT2D eigenvalue weighted by molar-refractivity contribution is 5.99. The Labute approximate surface area is 192 Å². The maximum atomic E-state index is 13.4. The number of carbonyl (C=O) groups excluding carboxylic acids is 2. The van der Waals surface area contributed by atoms with Crippen LogP contribution in [0.5, 0.6) is 5.75 Å². The first-order chi connectivity index (χ1) is 16.0. The Balaban J connectivity index is 1.80. The average molecular weight is 450 g/mol. The van der Waals surface area contributed by atoms with Crippen molar-refractivity contribution in [3.8, 4) is 5.75 Å². The molecule has 33 heavy (non-hydrogen) atoms. The number of likely N-dealkylation sites (N-methyl/N-ethyl adjacent to an activating group) is 1. The lowest BCUT2D eigenvalue weighted by atomic mass is 10.0. The molecule has 8 nitrogen and oxygen atoms in total. The molecule has 3 heterocycles. The molecule has 1 aromatic carbocycles. The molecule has 2 aromatic rings. The van der Waals surface area contributed by atoms with Crippen molar-refractivity contribution in [2.24, 2.45) is 0 Å². The van der Waals surface area contributed by atoms with E-state index < -0.39 is 11.3 Å². The van der Waals surface area contributed by atoms with Crippen LogP contribution in [0.3, 0.4) is 0 Å². The summed E-state index contributed by atoms with van der Waals surface area (Å²) < 4.78 is 13.3. The number of fused-ring (bicyclic) bond motifs is 3. The summed E-state index contributed by atoms with van der Waals surface area (Å²) in [5.41, 5.74) is 0.879. The van der Waals surface area contributed by atoms with E-state index in [9.17, 15) is 14.4 Å². The van der Waals surface area contributed by atoms with E-state index in [2.05, 4.69) is 18.5 Å². The summed E-state index contributed by atoms with van der Waals surface area (Å²) in [6, 6.07) is 8.95. The predicted molar refractivity (Wildman–Crippen MR) is 124 cm³/mol. The summed E-state index contributed by atoms with van der Waals surface area (Å²) in [6.45, 7) is 10.8. The van der Waals surface area contributed by atoms with Gasteiger partial charge in [0, 0.05) is 19.3 Å². The fourth-order valence-electron chi connectivity index (χ4n) is 4.22. The number of hydrogen-bond donors (Lipinski definition) is 1. The Morgan fingerprint density at radius 1 is 1.24 bits per heavy atom. The van der Waals surface area contributed by atoms with E-state index in [4.69, 9.17) is 9.47 Å². The van der Waals surface area contributed by atoms with E-state index >= 15 is 0 Å². The van der Waals surface area contributed by atoms with Crippen molar-refractivity contribution in [1.82, 2.24) is 14.8 Å². The van der Waals surface area contributed by atoms with Crippen LogP contribution in [0.2, 0.25) is 0 Å². The second-order valence-corrected chi connectivity index (χ2v) is 8.04. The van der Waals surface area contributed by atoms with Crippen molar-refractivity contribution in [1.29, 1.82) is 0 Å². The normalized spacial score (nSPS) is 18.9. The fraction of sp³-hybridized carbons (Fsp3) is 0.320. The van der Waals surface area contributed by atoms with Crippen molar-refractivity contribution < 1.29 is 19.1 Å². The first-order valence-corrected chi connectivity index (χ1v) is 10.9. The third-order valence-electron chi connectivity index (χ3n) is 6.01. The molecule has 172 valence electrons. The largest absolute Gasteiger partial charge is 0.483 e. The van der Waals surface area contributed by atoms with Gasteiger partial charge in [0.1, 0.15) is 12.2 Å². The van der Waals surface area contributed by atoms with Gasteiger partial charge in [-0.2, -0.15) is 0 Å². The first kappa shape index (κ1) is 22.5. The topological polar surface area (TPSA) is 89.9 Å². The van der Waals surface area contributed by atoms with Crippen molar-refractivity contribution in [3.63, 3.8) is 0 Å². The smallest absolute Gasteiger partial charge is 0.274 e. The van der Waals surface area contributed by atoms with Gasteiger partial charge in [-0.05, 0) is 18.1 Å². The number of pyridine rings is 1. The van der Waals surface area contributed by atoms with E-state index in [-0.39, 0.29) is 48.1 Å². The second-order valence-electron chi connectivity index (χ2n) is 8.04. The van der Waals surface area contributed by atoms with Crippen LogP contribution in [0.4, 0.5) is 0 Å². The van der Waals surface area contributed by atoms with Crippen LogP contribution < -0.4 is 15.5 Å². The SMILES string of the molecule is C=CC(=C)CNC(=O)c1cn2c(c(OCc3ccccc3)c1=O)C(=O)N(CC)C1COCC12. The lowest BCUT2D eigenvalue weighted by Gasteiger charge is -2.39. The van der Waals surface area contributed by atoms with E-state index in [1.165, 1.54) is 12.3 Å². The number of rotatable bonds is 8. The van der Waals surface area contributed by atoms with Crippen molar-refractivity contribution in [2.75, 3.05) is 26.3 Å². The molecule has 1 saturated heterocycles. The molecule has 1 N–H and O–H groups in total. The zero-order chi connectivity index (χ0) is 23.5. The predicted octanol–water partition coefficient (Wildman–Crippen LogP) is 2.31. The molecule has 1 fully saturated rings. The number of aromatic nitrogens is 1. The number of carbonyl (C=O) groups is 2. The summed E-state index contributed by atoms with van der Waals surface area (Å²) in [5, 5.41) is 2.68. The van der Waals surface area contributed by atoms with Gasteiger partial charge in [0.05, 0.1) is 25.3 Å². The minimum absolute atomic E-state index is 0.0887. The highest BCUT2D eigenvalue weighted by atomic mass is 16.5. The Morgan fingerprint density at radius 3 is 2.67 bits per heavy atom. The maximum absolute atomic E-state index is 13.4. The zero-order valence-electron chi connectivity index (χ0n) is 18.6. The van der Waals surface area contributed by atoms with Crippen molar-refractivity contribution >= 4 is 11.8 Å². The van der Waals surface area contributed by atoms with Crippen LogP contribution in [0.25, 0.3) is 0 Å². The summed E-state index contributed by atoms with van der Waals surface area (Å²) >= 11 is 0. The minimum atomic E-state index is -0.624. The molecule has 0 spiro atoms. The fourth-order valence-corrected chi connectivity index (χ4v) is 4.22. The Kier molecular flexibility index (Phi) is 6.46. The van der Waals surface area contributed by atoms with Gasteiger partial charge in [0.2, 0.25) is 5.43 Å². The van der Waals surface area contributed by atoms with Gasteiger partial charge >= 0.3 is 0 Å². The third kappa shape index (κ3) is 4.21. The zero-order valence-corrected chi connectivity index (χ0v) is 18.6. The van der Waals surface area contributed by atoms with Crippen LogP contribution >= 0.6 is 0 Å². The summed E-state index contributed by atoms with van der Waals surface area (Å²) in [6.07, 6.45) is 2.99. The van der Waals surface area contributed by atoms with E-state index in [0.29, 0.717) is 25.3 Å². The first-order valence-electron chi connectivity index (χ1n) is 10.9. The highest BCUT2D eigenvalue weighted by Crippen LogP contribution is 2.35. The monoisotopic (exact) mass is 449 g/mol. The number of nitrogens with one attached hydrogen (secondary N) is 1. The van der Waals surface area contributed by atoms with E-state index in [1.54, 1.807) is 9.47 Å². The standard InChI is InChI=1S/C25H27N3O5/c1-4-16(3)11-26-24(30)18-12-28-20-15-32-14-19(20)27(5-2)25(31)21(28)23(22(18)29)33-13-17-9-7-6-8-10-17/h4,6-10,12,19-20H,1,3,5,11,13-15H2,2H3,(H,26,30). The molecule has 0 bridgehead atoms. The number of amides is 2. The number of hydrogen-bond acceptors (Lipinski definition) is 5. The highest BCUT2D eigenvalue weighted by Gasteiger charge is 2.45. The summed E-state index contributed by atoms with van der Waals surface area (Å²) in [7, 11) is 0. The molecule has 1 aromatic heterocycles. The molecule has 2 amide bonds. The lowest BCUT2D eigenvalue weighted by Crippen LogP contribution is -2.51. The Bertz CT molecular complexity index is 1150. The minimum Gasteiger partial charge on any atom is -0.483 e. The molecular weight excluding hydrogens is 422 g/mol. The number of ether oxygens (including phenoxy) is 2. The van der Waals surface area contributed by atoms with Crippen LogP contribution in [-0.2, 0) is 11.3 Å². The molecule has 8 heteroatoms. The van der Waals surface area contributed by atoms with Gasteiger partial charge in [-0.1, -0.05) is 49.6 Å². The van der Waals surface area contributed by atoms with Crippen LogP contribution in [0, 0.1) is 0 Å². The molecular formula is C25H27N3O5. The summed E-state index contributed by atoms with van der Waals surface area (Å²) in [4.78, 5) is 41.4. The van der Waals surface area contributed by atoms with E-state index in [0.717, 1.165) is 5.56 Å². The molecule has 0 aliphatic carbocycles. The van der Waals surface area contributed by atoms with Crippen molar-refractivity contribution in [3.05, 3.63) is 88.4 Å².